The molecule has 1 fully saturated rings. The van der Waals surface area contributed by atoms with E-state index in [1.54, 1.807) is 24.4 Å². The highest BCUT2D eigenvalue weighted by molar-refractivity contribution is 7.98. The van der Waals surface area contributed by atoms with Gasteiger partial charge in [0.25, 0.3) is 5.91 Å². The lowest BCUT2D eigenvalue weighted by Gasteiger charge is -2.23. The quantitative estimate of drug-likeness (QED) is 0.498. The van der Waals surface area contributed by atoms with Crippen molar-refractivity contribution in [3.05, 3.63) is 94.9 Å². The van der Waals surface area contributed by atoms with Crippen LogP contribution in [0.1, 0.15) is 33.5 Å². The zero-order valence-electron chi connectivity index (χ0n) is 18.3. The number of aromatic nitrogens is 1. The van der Waals surface area contributed by atoms with Crippen molar-refractivity contribution < 1.29 is 9.18 Å². The monoisotopic (exact) mass is 460 g/mol. The van der Waals surface area contributed by atoms with Gasteiger partial charge in [-0.25, -0.2) is 9.37 Å². The van der Waals surface area contributed by atoms with Crippen molar-refractivity contribution >= 4 is 17.7 Å². The molecule has 0 saturated carbocycles. The molecule has 0 bridgehead atoms. The molecule has 1 amide bonds. The maximum absolute atomic E-state index is 13.3. The standard InChI is InChI=1S/C26H25FN4OS/c27-23-10-8-22(9-11-23)19-33-25-24(3-1-12-29-25)26(32)31-14-2-13-30(15-16-31)18-21-6-4-20(17-28)5-7-21/h1,3-12H,2,13-16,18-19H2. The molecule has 33 heavy (non-hydrogen) atoms. The van der Waals surface area contributed by atoms with Gasteiger partial charge in [0.15, 0.2) is 0 Å². The molecule has 1 aliphatic heterocycles. The van der Waals surface area contributed by atoms with Crippen LogP contribution in [0.2, 0.25) is 0 Å². The summed E-state index contributed by atoms with van der Waals surface area (Å²) < 4.78 is 13.2. The second-order valence-electron chi connectivity index (χ2n) is 8.00. The highest BCUT2D eigenvalue weighted by atomic mass is 32.2. The van der Waals surface area contributed by atoms with Gasteiger partial charge in [0.1, 0.15) is 10.8 Å². The summed E-state index contributed by atoms with van der Waals surface area (Å²) >= 11 is 1.49. The molecule has 3 aromatic rings. The molecule has 168 valence electrons. The molecule has 0 aliphatic carbocycles. The fourth-order valence-electron chi connectivity index (χ4n) is 3.85. The predicted molar refractivity (Wildman–Crippen MR) is 127 cm³/mol. The molecule has 1 saturated heterocycles. The number of thioether (sulfide) groups is 1. The number of halogens is 1. The third kappa shape index (κ3) is 6.19. The maximum atomic E-state index is 13.3. The van der Waals surface area contributed by atoms with Crippen molar-refractivity contribution in [3.8, 4) is 6.07 Å². The summed E-state index contributed by atoms with van der Waals surface area (Å²) in [5, 5.41) is 9.67. The minimum atomic E-state index is -0.258. The van der Waals surface area contributed by atoms with Crippen LogP contribution in [0.25, 0.3) is 0 Å². The van der Waals surface area contributed by atoms with E-state index in [0.717, 1.165) is 31.6 Å². The predicted octanol–water partition coefficient (Wildman–Crippen LogP) is 4.73. The van der Waals surface area contributed by atoms with E-state index in [9.17, 15) is 9.18 Å². The molecular weight excluding hydrogens is 435 g/mol. The second-order valence-corrected chi connectivity index (χ2v) is 8.97. The summed E-state index contributed by atoms with van der Waals surface area (Å²) in [4.78, 5) is 22.0. The van der Waals surface area contributed by atoms with Gasteiger partial charge in [0.2, 0.25) is 0 Å². The van der Waals surface area contributed by atoms with E-state index in [1.807, 2.05) is 35.2 Å². The largest absolute Gasteiger partial charge is 0.337 e. The molecule has 0 unspecified atom stereocenters. The van der Waals surface area contributed by atoms with Gasteiger partial charge in [-0.2, -0.15) is 5.26 Å². The molecule has 5 nitrogen and oxygen atoms in total. The summed E-state index contributed by atoms with van der Waals surface area (Å²) in [5.74, 6) is 0.368. The smallest absolute Gasteiger partial charge is 0.256 e. The van der Waals surface area contributed by atoms with Gasteiger partial charge < -0.3 is 4.90 Å². The average Bonchev–Trinajstić information content (AvgIpc) is 3.09. The molecule has 0 atom stereocenters. The minimum absolute atomic E-state index is 0.00456. The molecule has 0 N–H and O–H groups in total. The molecule has 0 radical (unpaired) electrons. The van der Waals surface area contributed by atoms with Crippen LogP contribution in [0.15, 0.2) is 71.9 Å². The Kier molecular flexibility index (Phi) is 7.71. The first-order chi connectivity index (χ1) is 16.1. The van der Waals surface area contributed by atoms with Crippen molar-refractivity contribution in [3.63, 3.8) is 0 Å². The zero-order valence-corrected chi connectivity index (χ0v) is 19.1. The van der Waals surface area contributed by atoms with Crippen LogP contribution in [0.3, 0.4) is 0 Å². The summed E-state index contributed by atoms with van der Waals surface area (Å²) in [7, 11) is 0. The highest BCUT2D eigenvalue weighted by Crippen LogP contribution is 2.26. The fourth-order valence-corrected chi connectivity index (χ4v) is 4.79. The summed E-state index contributed by atoms with van der Waals surface area (Å²) in [6.07, 6.45) is 2.60. The van der Waals surface area contributed by atoms with Gasteiger partial charge in [-0.3, -0.25) is 9.69 Å². The lowest BCUT2D eigenvalue weighted by Crippen LogP contribution is -2.35. The van der Waals surface area contributed by atoms with Crippen LogP contribution < -0.4 is 0 Å². The number of amides is 1. The van der Waals surface area contributed by atoms with Gasteiger partial charge in [-0.15, -0.1) is 11.8 Å². The first-order valence-corrected chi connectivity index (χ1v) is 11.9. The van der Waals surface area contributed by atoms with Gasteiger partial charge in [0.05, 0.1) is 17.2 Å². The number of benzene rings is 2. The topological polar surface area (TPSA) is 60.2 Å². The summed E-state index contributed by atoms with van der Waals surface area (Å²) in [5.41, 5.74) is 3.43. The lowest BCUT2D eigenvalue weighted by molar-refractivity contribution is 0.0757. The molecule has 4 rings (SSSR count). The van der Waals surface area contributed by atoms with E-state index in [1.165, 1.54) is 29.5 Å². The highest BCUT2D eigenvalue weighted by Gasteiger charge is 2.23. The van der Waals surface area contributed by atoms with Crippen LogP contribution in [0.4, 0.5) is 4.39 Å². The molecule has 1 aliphatic rings. The van der Waals surface area contributed by atoms with E-state index < -0.39 is 0 Å². The van der Waals surface area contributed by atoms with Gasteiger partial charge in [0, 0.05) is 44.7 Å². The van der Waals surface area contributed by atoms with Crippen molar-refractivity contribution in [2.24, 2.45) is 0 Å². The lowest BCUT2D eigenvalue weighted by atomic mass is 10.1. The van der Waals surface area contributed by atoms with Crippen LogP contribution >= 0.6 is 11.8 Å². The van der Waals surface area contributed by atoms with Gasteiger partial charge >= 0.3 is 0 Å². The van der Waals surface area contributed by atoms with Crippen LogP contribution in [0.5, 0.6) is 0 Å². The van der Waals surface area contributed by atoms with Crippen molar-refractivity contribution in [2.75, 3.05) is 26.2 Å². The Morgan fingerprint density at radius 1 is 1.00 bits per heavy atom. The van der Waals surface area contributed by atoms with Crippen LogP contribution in [-0.2, 0) is 12.3 Å². The zero-order chi connectivity index (χ0) is 23.0. The molecule has 7 heteroatoms. The Morgan fingerprint density at radius 2 is 1.76 bits per heavy atom. The Labute approximate surface area is 197 Å². The first-order valence-electron chi connectivity index (χ1n) is 11.0. The third-order valence-corrected chi connectivity index (χ3v) is 6.73. The molecular formula is C26H25FN4OS. The Bertz CT molecular complexity index is 1130. The number of hydrogen-bond acceptors (Lipinski definition) is 5. The Hall–Kier alpha value is -3.21. The Balaban J connectivity index is 1.37. The van der Waals surface area contributed by atoms with E-state index in [-0.39, 0.29) is 11.7 Å². The number of nitrogens with zero attached hydrogens (tertiary/aromatic N) is 4. The second kappa shape index (κ2) is 11.1. The molecule has 2 heterocycles. The van der Waals surface area contributed by atoms with Crippen molar-refractivity contribution in [2.45, 2.75) is 23.7 Å². The van der Waals surface area contributed by atoms with Crippen molar-refractivity contribution in [1.29, 1.82) is 5.26 Å². The maximum Gasteiger partial charge on any atom is 0.256 e. The number of carbonyl (C=O) groups excluding carboxylic acids is 1. The number of carbonyl (C=O) groups is 1. The SMILES string of the molecule is N#Cc1ccc(CN2CCCN(C(=O)c3cccnc3SCc3ccc(F)cc3)CC2)cc1. The number of rotatable bonds is 6. The normalized spacial score (nSPS) is 14.5. The van der Waals surface area contributed by atoms with E-state index >= 15 is 0 Å². The average molecular weight is 461 g/mol. The van der Waals surface area contributed by atoms with E-state index in [2.05, 4.69) is 16.0 Å². The summed E-state index contributed by atoms with van der Waals surface area (Å²) in [6, 6.07) is 19.9. The van der Waals surface area contributed by atoms with Gasteiger partial charge in [-0.05, 0) is 53.9 Å². The Morgan fingerprint density at radius 3 is 2.52 bits per heavy atom. The van der Waals surface area contributed by atoms with E-state index in [4.69, 9.17) is 5.26 Å². The summed E-state index contributed by atoms with van der Waals surface area (Å²) in [6.45, 7) is 3.89. The van der Waals surface area contributed by atoms with Crippen LogP contribution in [0, 0.1) is 17.1 Å². The van der Waals surface area contributed by atoms with E-state index in [0.29, 0.717) is 35.0 Å². The molecule has 1 aromatic heterocycles. The fraction of sp³-hybridized carbons (Fsp3) is 0.269. The minimum Gasteiger partial charge on any atom is -0.337 e. The third-order valence-electron chi connectivity index (χ3n) is 5.66. The number of pyridine rings is 1. The molecule has 0 spiro atoms. The molecule has 2 aromatic carbocycles. The first kappa shape index (κ1) is 23.0. The van der Waals surface area contributed by atoms with Gasteiger partial charge in [-0.1, -0.05) is 24.3 Å². The van der Waals surface area contributed by atoms with Crippen molar-refractivity contribution in [1.82, 2.24) is 14.8 Å². The number of nitriles is 1. The number of hydrogen-bond donors (Lipinski definition) is 0. The van der Waals surface area contributed by atoms with Crippen LogP contribution in [-0.4, -0.2) is 46.9 Å².